The third kappa shape index (κ3) is 4.57. The maximum atomic E-state index is 15.1. The maximum absolute atomic E-state index is 15.1. The number of aromatic nitrogens is 2. The van der Waals surface area contributed by atoms with Crippen LogP contribution in [0.15, 0.2) is 30.6 Å². The summed E-state index contributed by atoms with van der Waals surface area (Å²) in [5.41, 5.74) is -1.66. The highest BCUT2D eigenvalue weighted by atomic mass is 35.5. The first kappa shape index (κ1) is 25.3. The molecule has 3 fully saturated rings. The molecule has 0 spiro atoms. The van der Waals surface area contributed by atoms with E-state index in [1.54, 1.807) is 0 Å². The van der Waals surface area contributed by atoms with Gasteiger partial charge in [-0.1, -0.05) is 23.2 Å². The molecule has 3 aliphatic rings. The summed E-state index contributed by atoms with van der Waals surface area (Å²) in [6, 6.07) is 2.52. The van der Waals surface area contributed by atoms with Gasteiger partial charge < -0.3 is 15.7 Å². The summed E-state index contributed by atoms with van der Waals surface area (Å²) in [4.78, 5) is 25.9. The normalized spacial score (nSPS) is 31.9. The molecule has 36 heavy (non-hydrogen) atoms. The van der Waals surface area contributed by atoms with Gasteiger partial charge in [0, 0.05) is 11.5 Å². The Morgan fingerprint density at radius 3 is 2.50 bits per heavy atom. The van der Waals surface area contributed by atoms with Gasteiger partial charge in [-0.25, -0.2) is 8.78 Å². The summed E-state index contributed by atoms with van der Waals surface area (Å²) in [5.74, 6) is -2.10. The van der Waals surface area contributed by atoms with Crippen LogP contribution in [0.3, 0.4) is 0 Å². The molecule has 2 aromatic rings. The third-order valence-corrected chi connectivity index (χ3v) is 8.96. The monoisotopic (exact) mass is 538 g/mol. The molecule has 5 rings (SSSR count). The summed E-state index contributed by atoms with van der Waals surface area (Å²) < 4.78 is 30.3. The van der Waals surface area contributed by atoms with Crippen molar-refractivity contribution in [3.05, 3.63) is 57.6 Å². The minimum absolute atomic E-state index is 0.00200. The van der Waals surface area contributed by atoms with Crippen molar-refractivity contribution in [2.24, 2.45) is 11.3 Å². The van der Waals surface area contributed by atoms with Gasteiger partial charge in [-0.2, -0.15) is 10.2 Å². The second-order valence-corrected chi connectivity index (χ2v) is 11.1. The minimum atomic E-state index is -1.33. The number of nitrogens with one attached hydrogen (secondary N) is 2. The molecule has 0 saturated heterocycles. The molecular formula is C25H26Cl2F2N4O3. The number of aliphatic hydroxyl groups excluding tert-OH is 1. The highest BCUT2D eigenvalue weighted by molar-refractivity contribution is 6.42. The number of nitrogens with zero attached hydrogens (tertiary/aromatic N) is 2. The predicted molar refractivity (Wildman–Crippen MR) is 129 cm³/mol. The van der Waals surface area contributed by atoms with Crippen LogP contribution in [0.5, 0.6) is 0 Å². The van der Waals surface area contributed by atoms with Gasteiger partial charge in [-0.3, -0.25) is 9.59 Å². The highest BCUT2D eigenvalue weighted by Crippen LogP contribution is 2.64. The Bertz CT molecular complexity index is 1180. The topological polar surface area (TPSA) is 104 Å². The molecule has 0 aliphatic heterocycles. The summed E-state index contributed by atoms with van der Waals surface area (Å²) in [5, 5.41) is 23.7. The van der Waals surface area contributed by atoms with Crippen molar-refractivity contribution in [2.45, 2.75) is 68.8 Å². The lowest BCUT2D eigenvalue weighted by molar-refractivity contribution is -0.127. The van der Waals surface area contributed by atoms with Crippen LogP contribution >= 0.6 is 23.2 Å². The largest absolute Gasteiger partial charge is 0.391 e. The molecule has 4 atom stereocenters. The Labute approximate surface area is 217 Å². The van der Waals surface area contributed by atoms with Crippen LogP contribution in [0.1, 0.15) is 66.9 Å². The van der Waals surface area contributed by atoms with E-state index in [4.69, 9.17) is 23.2 Å². The highest BCUT2D eigenvalue weighted by Gasteiger charge is 2.59. The second kappa shape index (κ2) is 9.50. The molecule has 3 saturated carbocycles. The average Bonchev–Trinajstić information content (AvgIpc) is 3.52. The molecule has 2 amide bonds. The number of fused-ring (bicyclic) bond motifs is 2. The molecule has 0 unspecified atom stereocenters. The van der Waals surface area contributed by atoms with Gasteiger partial charge >= 0.3 is 0 Å². The number of hydrogen-bond donors (Lipinski definition) is 3. The molecule has 2 bridgehead atoms. The fraction of sp³-hybridized carbons (Fsp3) is 0.520. The van der Waals surface area contributed by atoms with Crippen molar-refractivity contribution in [3.8, 4) is 0 Å². The van der Waals surface area contributed by atoms with Gasteiger partial charge in [0.05, 0.1) is 46.2 Å². The first-order valence-electron chi connectivity index (χ1n) is 12.0. The molecular weight excluding hydrogens is 513 g/mol. The van der Waals surface area contributed by atoms with Crippen molar-refractivity contribution in [1.82, 2.24) is 20.8 Å². The van der Waals surface area contributed by atoms with Crippen LogP contribution in [-0.4, -0.2) is 44.9 Å². The third-order valence-electron chi connectivity index (χ3n) is 8.14. The molecule has 7 nitrogen and oxygen atoms in total. The fourth-order valence-electron chi connectivity index (χ4n) is 6.23. The molecule has 11 heteroatoms. The van der Waals surface area contributed by atoms with E-state index >= 15 is 8.78 Å². The Morgan fingerprint density at radius 2 is 1.86 bits per heavy atom. The minimum Gasteiger partial charge on any atom is -0.391 e. The summed E-state index contributed by atoms with van der Waals surface area (Å²) in [6.45, 7) is 0. The zero-order chi connectivity index (χ0) is 25.7. The van der Waals surface area contributed by atoms with Crippen LogP contribution in [-0.2, 0) is 4.79 Å². The molecule has 192 valence electrons. The SMILES string of the molecule is O=C(N[C@H]1C[C@H](C(=O)N[C@H](c2c(F)ccc(Cl)c2Cl)C23CCC(F)(CC2)C3)C[C@H]1O)c1ccnnc1. The fourth-order valence-corrected chi connectivity index (χ4v) is 6.66. The molecule has 1 heterocycles. The lowest BCUT2D eigenvalue weighted by Crippen LogP contribution is -2.42. The standard InChI is InChI=1S/C25H26Cl2F2N4O3/c26-15-1-2-16(28)19(20(15)27)21(24-4-6-25(29,12-24)7-5-24)33-23(36)14-9-17(18(34)10-14)32-22(35)13-3-8-30-31-11-13/h1-3,8,11,14,17-18,21,34H,4-7,9-10,12H2,(H,32,35)(H,33,36)/t14-,17-,18+,21+,24?,25?/m0/s1. The number of alkyl halides is 1. The summed E-state index contributed by atoms with van der Waals surface area (Å²) in [6.07, 6.45) is 3.93. The quantitative estimate of drug-likeness (QED) is 0.475. The van der Waals surface area contributed by atoms with E-state index in [1.165, 1.54) is 30.6 Å². The number of hydrogen-bond acceptors (Lipinski definition) is 5. The van der Waals surface area contributed by atoms with Crippen LogP contribution in [0, 0.1) is 17.2 Å². The molecule has 1 aromatic carbocycles. The van der Waals surface area contributed by atoms with Crippen LogP contribution in [0.25, 0.3) is 0 Å². The Balaban J connectivity index is 1.36. The van der Waals surface area contributed by atoms with E-state index in [0.717, 1.165) is 0 Å². The number of benzene rings is 1. The van der Waals surface area contributed by atoms with Gasteiger partial charge in [0.25, 0.3) is 5.91 Å². The maximum Gasteiger partial charge on any atom is 0.253 e. The molecule has 3 N–H and O–H groups in total. The zero-order valence-corrected chi connectivity index (χ0v) is 20.8. The number of carbonyl (C=O) groups is 2. The lowest BCUT2D eigenvalue weighted by atomic mass is 9.74. The predicted octanol–water partition coefficient (Wildman–Crippen LogP) is 4.32. The van der Waals surface area contributed by atoms with Crippen LogP contribution < -0.4 is 10.6 Å². The second-order valence-electron chi connectivity index (χ2n) is 10.3. The van der Waals surface area contributed by atoms with Crippen molar-refractivity contribution < 1.29 is 23.5 Å². The average molecular weight is 539 g/mol. The zero-order valence-electron chi connectivity index (χ0n) is 19.3. The van der Waals surface area contributed by atoms with E-state index in [0.29, 0.717) is 25.7 Å². The van der Waals surface area contributed by atoms with Crippen LogP contribution in [0.2, 0.25) is 10.0 Å². The first-order chi connectivity index (χ1) is 17.1. The Kier molecular flexibility index (Phi) is 6.68. The molecule has 3 aliphatic carbocycles. The number of aliphatic hydroxyl groups is 1. The van der Waals surface area contributed by atoms with E-state index < -0.39 is 52.8 Å². The summed E-state index contributed by atoms with van der Waals surface area (Å²) >= 11 is 12.6. The molecule has 0 radical (unpaired) electrons. The lowest BCUT2D eigenvalue weighted by Gasteiger charge is -2.38. The van der Waals surface area contributed by atoms with Crippen molar-refractivity contribution in [1.29, 1.82) is 0 Å². The Morgan fingerprint density at radius 1 is 1.11 bits per heavy atom. The smallest absolute Gasteiger partial charge is 0.253 e. The van der Waals surface area contributed by atoms with E-state index in [1.807, 2.05) is 0 Å². The van der Waals surface area contributed by atoms with Gasteiger partial charge in [0.1, 0.15) is 11.5 Å². The number of rotatable bonds is 6. The van der Waals surface area contributed by atoms with Crippen molar-refractivity contribution in [2.75, 3.05) is 0 Å². The van der Waals surface area contributed by atoms with Crippen LogP contribution in [0.4, 0.5) is 8.78 Å². The van der Waals surface area contributed by atoms with E-state index in [-0.39, 0.29) is 40.4 Å². The van der Waals surface area contributed by atoms with E-state index in [9.17, 15) is 14.7 Å². The summed E-state index contributed by atoms with van der Waals surface area (Å²) in [7, 11) is 0. The number of amides is 2. The van der Waals surface area contributed by atoms with E-state index in [2.05, 4.69) is 20.8 Å². The van der Waals surface area contributed by atoms with Gasteiger partial charge in [0.15, 0.2) is 0 Å². The number of halogens is 4. The van der Waals surface area contributed by atoms with Crippen molar-refractivity contribution in [3.63, 3.8) is 0 Å². The van der Waals surface area contributed by atoms with Crippen molar-refractivity contribution >= 4 is 35.0 Å². The van der Waals surface area contributed by atoms with Gasteiger partial charge in [-0.15, -0.1) is 0 Å². The van der Waals surface area contributed by atoms with Gasteiger partial charge in [-0.05, 0) is 68.6 Å². The Hall–Kier alpha value is -2.36. The molecule has 1 aromatic heterocycles. The first-order valence-corrected chi connectivity index (χ1v) is 12.7. The van der Waals surface area contributed by atoms with Gasteiger partial charge in [0.2, 0.25) is 5.91 Å². The number of carbonyl (C=O) groups excluding carboxylic acids is 2.